The van der Waals surface area contributed by atoms with E-state index >= 15 is 0 Å². The molecule has 0 radical (unpaired) electrons. The van der Waals surface area contributed by atoms with Gasteiger partial charge in [-0.25, -0.2) is 9.97 Å². The van der Waals surface area contributed by atoms with Gasteiger partial charge in [-0.3, -0.25) is 14.9 Å². The summed E-state index contributed by atoms with van der Waals surface area (Å²) in [6, 6.07) is 17.5. The summed E-state index contributed by atoms with van der Waals surface area (Å²) in [6.45, 7) is 3.90. The Morgan fingerprint density at radius 3 is 2.53 bits per heavy atom. The third-order valence-electron chi connectivity index (χ3n) is 5.19. The number of amides is 1. The Balaban J connectivity index is 1.48. The first-order valence-electron chi connectivity index (χ1n) is 9.75. The van der Waals surface area contributed by atoms with Crippen LogP contribution in [0.4, 0.5) is 0 Å². The Hall–Kier alpha value is -4.00. The normalized spacial score (nSPS) is 12.3. The number of fused-ring (bicyclic) bond motifs is 2. The van der Waals surface area contributed by atoms with Crippen molar-refractivity contribution in [2.45, 2.75) is 19.9 Å². The zero-order chi connectivity index (χ0) is 20.7. The van der Waals surface area contributed by atoms with Gasteiger partial charge in [-0.2, -0.15) is 0 Å². The number of aromatic nitrogens is 5. The van der Waals surface area contributed by atoms with Crippen LogP contribution in [0.3, 0.4) is 0 Å². The molecule has 0 saturated heterocycles. The molecule has 5 rings (SSSR count). The molecular weight excluding hydrogens is 376 g/mol. The lowest BCUT2D eigenvalue weighted by atomic mass is 10.1. The number of aromatic amines is 2. The van der Waals surface area contributed by atoms with E-state index in [2.05, 4.69) is 30.5 Å². The summed E-state index contributed by atoms with van der Waals surface area (Å²) >= 11 is 0. The largest absolute Gasteiger partial charge is 0.343 e. The molecule has 0 saturated carbocycles. The number of H-pyrrole nitrogens is 2. The third kappa shape index (κ3) is 3.20. The second-order valence-electron chi connectivity index (χ2n) is 7.35. The zero-order valence-electron chi connectivity index (χ0n) is 16.6. The lowest BCUT2D eigenvalue weighted by Crippen LogP contribution is -2.27. The minimum Gasteiger partial charge on any atom is -0.343 e. The number of hydrogen-bond acceptors (Lipinski definition) is 4. The van der Waals surface area contributed by atoms with Crippen LogP contribution < -0.4 is 5.32 Å². The molecule has 3 aromatic heterocycles. The van der Waals surface area contributed by atoms with Crippen molar-refractivity contribution in [2.24, 2.45) is 0 Å². The minimum atomic E-state index is -0.289. The number of rotatable bonds is 4. The third-order valence-corrected chi connectivity index (χ3v) is 5.19. The van der Waals surface area contributed by atoms with Crippen molar-refractivity contribution >= 4 is 27.8 Å². The Morgan fingerprint density at radius 1 is 1.00 bits per heavy atom. The van der Waals surface area contributed by atoms with Crippen LogP contribution in [0.2, 0.25) is 0 Å². The standard InChI is InChI=1S/C23H20N6O/c1-13-10-16(8-9-24-13)21-17-11-19-20(12-18(17)28-29-21)27-22(26-19)23(30)25-14(2)15-6-4-3-5-7-15/h3-12,14,28-29H,1-2H3,(H,25,30). The van der Waals surface area contributed by atoms with Crippen LogP contribution in [0, 0.1) is 6.92 Å². The molecule has 0 bridgehead atoms. The van der Waals surface area contributed by atoms with Crippen molar-refractivity contribution in [1.29, 1.82) is 0 Å². The fourth-order valence-electron chi connectivity index (χ4n) is 3.63. The molecule has 0 aliphatic rings. The average molecular weight is 396 g/mol. The highest BCUT2D eigenvalue weighted by molar-refractivity contribution is 6.02. The number of carbonyl (C=O) groups is 1. The number of pyridine rings is 1. The minimum absolute atomic E-state index is 0.133. The molecule has 3 N–H and O–H groups in total. The van der Waals surface area contributed by atoms with Gasteiger partial charge in [0, 0.05) is 22.8 Å². The quantitative estimate of drug-likeness (QED) is 0.422. The van der Waals surface area contributed by atoms with Gasteiger partial charge in [0.05, 0.1) is 28.3 Å². The van der Waals surface area contributed by atoms with Crippen molar-refractivity contribution in [2.75, 3.05) is 0 Å². The molecule has 3 heterocycles. The van der Waals surface area contributed by atoms with Gasteiger partial charge in [-0.05, 0) is 43.7 Å². The molecule has 1 amide bonds. The van der Waals surface area contributed by atoms with E-state index in [1.54, 1.807) is 6.20 Å². The number of imidazole rings is 1. The molecule has 148 valence electrons. The highest BCUT2D eigenvalue weighted by atomic mass is 16.2. The topological polar surface area (TPSA) is 99.3 Å². The van der Waals surface area contributed by atoms with Crippen LogP contribution in [0.1, 0.15) is 34.8 Å². The van der Waals surface area contributed by atoms with Gasteiger partial charge in [0.15, 0.2) is 0 Å². The molecule has 0 spiro atoms. The summed E-state index contributed by atoms with van der Waals surface area (Å²) in [4.78, 5) is 25.9. The molecule has 1 unspecified atom stereocenters. The Bertz CT molecular complexity index is 1370. The van der Waals surface area contributed by atoms with Crippen molar-refractivity contribution < 1.29 is 4.79 Å². The number of hydrogen-bond donors (Lipinski definition) is 3. The predicted octanol–water partition coefficient (Wildman–Crippen LogP) is 4.30. The van der Waals surface area contributed by atoms with E-state index in [1.165, 1.54) is 0 Å². The Labute approximate surface area is 172 Å². The number of benzene rings is 2. The summed E-state index contributed by atoms with van der Waals surface area (Å²) in [5, 5.41) is 10.3. The van der Waals surface area contributed by atoms with Crippen LogP contribution >= 0.6 is 0 Å². The summed E-state index contributed by atoms with van der Waals surface area (Å²) < 4.78 is 0. The lowest BCUT2D eigenvalue weighted by Gasteiger charge is -2.12. The fraction of sp³-hybridized carbons (Fsp3) is 0.130. The number of nitrogens with zero attached hydrogens (tertiary/aromatic N) is 3. The van der Waals surface area contributed by atoms with Gasteiger partial charge in [0.25, 0.3) is 5.91 Å². The van der Waals surface area contributed by atoms with Crippen LogP contribution in [0.15, 0.2) is 60.8 Å². The molecule has 0 aliphatic heterocycles. The summed E-state index contributed by atoms with van der Waals surface area (Å²) in [5.74, 6) is -0.117. The fourth-order valence-corrected chi connectivity index (χ4v) is 3.63. The smallest absolute Gasteiger partial charge is 0.289 e. The van der Waals surface area contributed by atoms with E-state index < -0.39 is 0 Å². The van der Waals surface area contributed by atoms with E-state index in [-0.39, 0.29) is 17.8 Å². The highest BCUT2D eigenvalue weighted by Gasteiger charge is 2.18. The molecular formula is C23H20N6O. The summed E-state index contributed by atoms with van der Waals surface area (Å²) in [6.07, 6.45) is 1.79. The summed E-state index contributed by atoms with van der Waals surface area (Å²) in [5.41, 5.74) is 6.20. The first-order chi connectivity index (χ1) is 14.6. The van der Waals surface area contributed by atoms with E-state index in [0.717, 1.165) is 33.4 Å². The number of carbonyl (C=O) groups excluding carboxylic acids is 1. The van der Waals surface area contributed by atoms with Crippen LogP contribution in [0.25, 0.3) is 33.2 Å². The molecule has 0 aliphatic carbocycles. The number of nitrogens with one attached hydrogen (secondary N) is 3. The highest BCUT2D eigenvalue weighted by Crippen LogP contribution is 2.29. The maximum absolute atomic E-state index is 12.7. The second kappa shape index (κ2) is 7.11. The molecule has 7 heteroatoms. The van der Waals surface area contributed by atoms with Crippen LogP contribution in [-0.2, 0) is 0 Å². The van der Waals surface area contributed by atoms with Gasteiger partial charge >= 0.3 is 0 Å². The van der Waals surface area contributed by atoms with Gasteiger partial charge < -0.3 is 10.4 Å². The van der Waals surface area contributed by atoms with E-state index in [0.29, 0.717) is 11.0 Å². The zero-order valence-corrected chi connectivity index (χ0v) is 16.6. The molecule has 0 fully saturated rings. The Kier molecular flexibility index (Phi) is 4.28. The maximum atomic E-state index is 12.7. The monoisotopic (exact) mass is 396 g/mol. The van der Waals surface area contributed by atoms with Gasteiger partial charge in [-0.1, -0.05) is 30.3 Å². The van der Waals surface area contributed by atoms with Gasteiger partial charge in [0.1, 0.15) is 0 Å². The van der Waals surface area contributed by atoms with Crippen molar-refractivity contribution in [3.8, 4) is 11.3 Å². The first kappa shape index (κ1) is 18.1. The van der Waals surface area contributed by atoms with E-state index in [1.807, 2.05) is 68.4 Å². The SMILES string of the molecule is Cc1cc(-c2[nH][nH]c3cc4nc(C(=O)NC(C)c5ccccc5)nc4cc23)ccn1. The molecule has 1 atom stereocenters. The molecule has 5 aromatic rings. The van der Waals surface area contributed by atoms with Crippen molar-refractivity contribution in [1.82, 2.24) is 30.5 Å². The van der Waals surface area contributed by atoms with E-state index in [4.69, 9.17) is 0 Å². The second-order valence-corrected chi connectivity index (χ2v) is 7.35. The van der Waals surface area contributed by atoms with Crippen LogP contribution in [0.5, 0.6) is 0 Å². The number of aryl methyl sites for hydroxylation is 1. The first-order valence-corrected chi connectivity index (χ1v) is 9.75. The van der Waals surface area contributed by atoms with E-state index in [9.17, 15) is 4.79 Å². The van der Waals surface area contributed by atoms with Crippen molar-refractivity contribution in [3.05, 3.63) is 77.9 Å². The van der Waals surface area contributed by atoms with Crippen LogP contribution in [-0.4, -0.2) is 31.1 Å². The molecule has 2 aromatic carbocycles. The Morgan fingerprint density at radius 2 is 1.77 bits per heavy atom. The molecule has 7 nitrogen and oxygen atoms in total. The summed E-state index contributed by atoms with van der Waals surface area (Å²) in [7, 11) is 0. The van der Waals surface area contributed by atoms with Gasteiger partial charge in [0.2, 0.25) is 5.82 Å². The van der Waals surface area contributed by atoms with Crippen molar-refractivity contribution in [3.63, 3.8) is 0 Å². The maximum Gasteiger partial charge on any atom is 0.289 e. The average Bonchev–Trinajstić information content (AvgIpc) is 3.36. The lowest BCUT2D eigenvalue weighted by molar-refractivity contribution is 0.0930. The molecule has 30 heavy (non-hydrogen) atoms. The predicted molar refractivity (Wildman–Crippen MR) is 116 cm³/mol. The van der Waals surface area contributed by atoms with Gasteiger partial charge in [-0.15, -0.1) is 0 Å².